The van der Waals surface area contributed by atoms with E-state index < -0.39 is 0 Å². The van der Waals surface area contributed by atoms with Gasteiger partial charge in [0.25, 0.3) is 0 Å². The van der Waals surface area contributed by atoms with Gasteiger partial charge < -0.3 is 9.47 Å². The van der Waals surface area contributed by atoms with Gasteiger partial charge in [0.2, 0.25) is 0 Å². The van der Waals surface area contributed by atoms with Crippen LogP contribution in [-0.2, 0) is 0 Å². The SMILES string of the molecule is COc1ccc(C2=CC=C(c3ccc(OC)cc3)C(=N)C2=N)cc1. The van der Waals surface area contributed by atoms with E-state index in [1.807, 2.05) is 60.7 Å². The Morgan fingerprint density at radius 1 is 0.583 bits per heavy atom. The maximum absolute atomic E-state index is 8.36. The second-order valence-electron chi connectivity index (χ2n) is 5.37. The number of allylic oxidation sites excluding steroid dienone is 4. The van der Waals surface area contributed by atoms with Gasteiger partial charge in [0.05, 0.1) is 25.6 Å². The number of hydrogen-bond acceptors (Lipinski definition) is 4. The Kier molecular flexibility index (Phi) is 4.29. The summed E-state index contributed by atoms with van der Waals surface area (Å²) in [4.78, 5) is 0. The predicted octanol–water partition coefficient (Wildman–Crippen LogP) is 4.22. The number of ether oxygens (including phenoxy) is 2. The molecule has 2 aromatic carbocycles. The van der Waals surface area contributed by atoms with Crippen LogP contribution in [0.15, 0.2) is 60.7 Å². The molecule has 0 atom stereocenters. The van der Waals surface area contributed by atoms with E-state index in [0.717, 1.165) is 33.8 Å². The van der Waals surface area contributed by atoms with Crippen molar-refractivity contribution < 1.29 is 9.47 Å². The molecule has 0 radical (unpaired) electrons. The summed E-state index contributed by atoms with van der Waals surface area (Å²) in [6.07, 6.45) is 3.78. The molecule has 0 spiro atoms. The van der Waals surface area contributed by atoms with Crippen LogP contribution < -0.4 is 9.47 Å². The van der Waals surface area contributed by atoms with Crippen molar-refractivity contribution in [3.05, 3.63) is 71.8 Å². The van der Waals surface area contributed by atoms with Crippen molar-refractivity contribution in [3.8, 4) is 11.5 Å². The maximum Gasteiger partial charge on any atom is 0.118 e. The third-order valence-electron chi connectivity index (χ3n) is 4.01. The highest BCUT2D eigenvalue weighted by Gasteiger charge is 2.21. The van der Waals surface area contributed by atoms with E-state index in [2.05, 4.69) is 0 Å². The van der Waals surface area contributed by atoms with Crippen molar-refractivity contribution in [3.63, 3.8) is 0 Å². The first-order chi connectivity index (χ1) is 11.6. The van der Waals surface area contributed by atoms with Gasteiger partial charge in [-0.2, -0.15) is 0 Å². The molecule has 24 heavy (non-hydrogen) atoms. The molecule has 0 saturated heterocycles. The summed E-state index contributed by atoms with van der Waals surface area (Å²) in [5.41, 5.74) is 3.70. The molecular weight excluding hydrogens is 300 g/mol. The fourth-order valence-corrected chi connectivity index (χ4v) is 2.62. The van der Waals surface area contributed by atoms with Crippen molar-refractivity contribution >= 4 is 22.6 Å². The third-order valence-corrected chi connectivity index (χ3v) is 4.01. The van der Waals surface area contributed by atoms with E-state index in [0.29, 0.717) is 0 Å². The Bertz CT molecular complexity index is 771. The van der Waals surface area contributed by atoms with Crippen LogP contribution in [0.5, 0.6) is 11.5 Å². The molecule has 0 fully saturated rings. The molecule has 0 amide bonds. The zero-order valence-corrected chi connectivity index (χ0v) is 13.6. The molecular formula is C20H18N2O2. The lowest BCUT2D eigenvalue weighted by molar-refractivity contribution is 0.414. The van der Waals surface area contributed by atoms with Crippen LogP contribution in [-0.4, -0.2) is 25.6 Å². The molecule has 0 unspecified atom stereocenters. The average molecular weight is 318 g/mol. The van der Waals surface area contributed by atoms with Gasteiger partial charge in [-0.05, 0) is 35.4 Å². The number of hydrogen-bond donors (Lipinski definition) is 2. The van der Waals surface area contributed by atoms with E-state index in [-0.39, 0.29) is 11.4 Å². The molecule has 2 aromatic rings. The number of benzene rings is 2. The summed E-state index contributed by atoms with van der Waals surface area (Å²) in [6.45, 7) is 0. The Morgan fingerprint density at radius 2 is 0.917 bits per heavy atom. The minimum Gasteiger partial charge on any atom is -0.497 e. The highest BCUT2D eigenvalue weighted by molar-refractivity contribution is 6.68. The van der Waals surface area contributed by atoms with E-state index in [1.165, 1.54) is 0 Å². The van der Waals surface area contributed by atoms with Crippen LogP contribution >= 0.6 is 0 Å². The maximum atomic E-state index is 8.36. The van der Waals surface area contributed by atoms with Gasteiger partial charge in [-0.15, -0.1) is 0 Å². The molecule has 3 rings (SSSR count). The first kappa shape index (κ1) is 15.7. The van der Waals surface area contributed by atoms with Crippen molar-refractivity contribution in [1.29, 1.82) is 10.8 Å². The van der Waals surface area contributed by atoms with Gasteiger partial charge in [-0.1, -0.05) is 36.4 Å². The van der Waals surface area contributed by atoms with Crippen molar-refractivity contribution in [2.24, 2.45) is 0 Å². The largest absolute Gasteiger partial charge is 0.497 e. The van der Waals surface area contributed by atoms with Crippen LogP contribution in [0.1, 0.15) is 11.1 Å². The second kappa shape index (κ2) is 6.54. The zero-order chi connectivity index (χ0) is 17.1. The van der Waals surface area contributed by atoms with Crippen LogP contribution in [0.4, 0.5) is 0 Å². The van der Waals surface area contributed by atoms with Gasteiger partial charge in [0, 0.05) is 11.1 Å². The van der Waals surface area contributed by atoms with Gasteiger partial charge in [-0.3, -0.25) is 10.8 Å². The topological polar surface area (TPSA) is 66.2 Å². The van der Waals surface area contributed by atoms with Gasteiger partial charge in [-0.25, -0.2) is 0 Å². The Morgan fingerprint density at radius 3 is 1.21 bits per heavy atom. The summed E-state index contributed by atoms with van der Waals surface area (Å²) in [5.74, 6) is 1.54. The molecule has 0 bridgehead atoms. The van der Waals surface area contributed by atoms with Crippen LogP contribution in [0.25, 0.3) is 11.1 Å². The van der Waals surface area contributed by atoms with Crippen molar-refractivity contribution in [2.45, 2.75) is 0 Å². The lowest BCUT2D eigenvalue weighted by Crippen LogP contribution is -2.18. The van der Waals surface area contributed by atoms with E-state index >= 15 is 0 Å². The van der Waals surface area contributed by atoms with E-state index in [4.69, 9.17) is 20.3 Å². The first-order valence-electron chi connectivity index (χ1n) is 7.53. The second-order valence-corrected chi connectivity index (χ2v) is 5.37. The third kappa shape index (κ3) is 2.86. The van der Waals surface area contributed by atoms with E-state index in [9.17, 15) is 0 Å². The Balaban J connectivity index is 1.96. The van der Waals surface area contributed by atoms with Gasteiger partial charge in [0.1, 0.15) is 11.5 Å². The average Bonchev–Trinajstić information content (AvgIpc) is 2.64. The fraction of sp³-hybridized carbons (Fsp3) is 0.100. The fourth-order valence-electron chi connectivity index (χ4n) is 2.62. The molecule has 1 aliphatic rings. The van der Waals surface area contributed by atoms with Crippen molar-refractivity contribution in [2.75, 3.05) is 14.2 Å². The molecule has 0 aromatic heterocycles. The minimum absolute atomic E-state index is 0.216. The van der Waals surface area contributed by atoms with Crippen LogP contribution in [0.3, 0.4) is 0 Å². The molecule has 0 heterocycles. The van der Waals surface area contributed by atoms with Gasteiger partial charge >= 0.3 is 0 Å². The predicted molar refractivity (Wildman–Crippen MR) is 97.4 cm³/mol. The standard InChI is InChI=1S/C20H18N2O2/c1-23-15-7-3-13(4-8-15)17-11-12-18(20(22)19(17)21)14-5-9-16(24-2)10-6-14/h3-12,21-22H,1-2H3. The lowest BCUT2D eigenvalue weighted by Gasteiger charge is -2.18. The summed E-state index contributed by atoms with van der Waals surface area (Å²) >= 11 is 0. The summed E-state index contributed by atoms with van der Waals surface area (Å²) in [7, 11) is 3.24. The number of methoxy groups -OCH3 is 2. The van der Waals surface area contributed by atoms with Gasteiger partial charge in [0.15, 0.2) is 0 Å². The molecule has 0 aliphatic heterocycles. The minimum atomic E-state index is 0.216. The summed E-state index contributed by atoms with van der Waals surface area (Å²) in [5, 5.41) is 16.7. The van der Waals surface area contributed by atoms with Crippen molar-refractivity contribution in [1.82, 2.24) is 0 Å². The normalized spacial score (nSPS) is 14.1. The number of nitrogens with one attached hydrogen (secondary N) is 2. The summed E-state index contributed by atoms with van der Waals surface area (Å²) in [6, 6.07) is 15.0. The molecule has 2 N–H and O–H groups in total. The highest BCUT2D eigenvalue weighted by atomic mass is 16.5. The molecule has 4 heteroatoms. The summed E-state index contributed by atoms with van der Waals surface area (Å²) < 4.78 is 10.3. The monoisotopic (exact) mass is 318 g/mol. The molecule has 4 nitrogen and oxygen atoms in total. The van der Waals surface area contributed by atoms with E-state index in [1.54, 1.807) is 14.2 Å². The van der Waals surface area contributed by atoms with Crippen LogP contribution in [0, 0.1) is 10.8 Å². The molecule has 0 saturated carbocycles. The number of rotatable bonds is 4. The zero-order valence-electron chi connectivity index (χ0n) is 13.6. The Labute approximate surface area is 141 Å². The first-order valence-corrected chi connectivity index (χ1v) is 7.53. The lowest BCUT2D eigenvalue weighted by atomic mass is 9.87. The smallest absolute Gasteiger partial charge is 0.118 e. The molecule has 1 aliphatic carbocycles. The quantitative estimate of drug-likeness (QED) is 0.829. The Hall–Kier alpha value is -3.14. The molecule has 120 valence electrons. The van der Waals surface area contributed by atoms with Crippen LogP contribution in [0.2, 0.25) is 0 Å². The highest BCUT2D eigenvalue weighted by Crippen LogP contribution is 2.29.